The van der Waals surface area contributed by atoms with Crippen LogP contribution in [0.25, 0.3) is 22.0 Å². The lowest BCUT2D eigenvalue weighted by Crippen LogP contribution is -2.16. The van der Waals surface area contributed by atoms with Crippen LogP contribution >= 0.6 is 11.6 Å². The van der Waals surface area contributed by atoms with Crippen molar-refractivity contribution in [2.45, 2.75) is 6.92 Å². The Kier molecular flexibility index (Phi) is 4.05. The minimum absolute atomic E-state index is 0.0121. The smallest absolute Gasteiger partial charge is 0.164 e. The molecule has 4 heteroatoms. The van der Waals surface area contributed by atoms with Gasteiger partial charge in [0.25, 0.3) is 0 Å². The average molecular weight is 325 g/mol. The molecule has 0 unspecified atom stereocenters. The van der Waals surface area contributed by atoms with Gasteiger partial charge in [0.05, 0.1) is 16.1 Å². The second kappa shape index (κ2) is 6.01. The number of ketones is 1. The maximum atomic E-state index is 12.4. The van der Waals surface area contributed by atoms with Crippen molar-refractivity contribution in [1.82, 2.24) is 4.98 Å². The number of halogens is 1. The molecule has 0 radical (unpaired) electrons. The van der Waals surface area contributed by atoms with Gasteiger partial charge in [-0.05, 0) is 18.6 Å². The summed E-state index contributed by atoms with van der Waals surface area (Å²) in [7, 11) is 3.76. The molecule has 1 heterocycles. The highest BCUT2D eigenvalue weighted by atomic mass is 35.5. The second-order valence-corrected chi connectivity index (χ2v) is 6.05. The van der Waals surface area contributed by atoms with Crippen molar-refractivity contribution in [1.29, 1.82) is 0 Å². The van der Waals surface area contributed by atoms with E-state index in [9.17, 15) is 4.79 Å². The first-order valence-electron chi connectivity index (χ1n) is 7.36. The number of nitrogens with zero attached hydrogens (tertiary/aromatic N) is 2. The molecule has 0 aliphatic carbocycles. The number of aromatic nitrogens is 1. The summed E-state index contributed by atoms with van der Waals surface area (Å²) in [4.78, 5) is 18.9. The van der Waals surface area contributed by atoms with E-state index in [1.165, 1.54) is 0 Å². The maximum absolute atomic E-state index is 12.4. The summed E-state index contributed by atoms with van der Waals surface area (Å²) >= 11 is 6.36. The average Bonchev–Trinajstić information content (AvgIpc) is 2.54. The SMILES string of the molecule is CC(=O)c1c(N(C)C)nc2c(Cl)cccc2c1-c1ccccc1. The van der Waals surface area contributed by atoms with Gasteiger partial charge in [0.1, 0.15) is 5.82 Å². The number of hydrogen-bond donors (Lipinski definition) is 0. The molecule has 0 spiro atoms. The molecule has 0 fully saturated rings. The summed E-state index contributed by atoms with van der Waals surface area (Å²) in [6.45, 7) is 1.58. The van der Waals surface area contributed by atoms with Gasteiger partial charge >= 0.3 is 0 Å². The number of pyridine rings is 1. The van der Waals surface area contributed by atoms with Gasteiger partial charge in [-0.15, -0.1) is 0 Å². The third-order valence-electron chi connectivity index (χ3n) is 3.79. The number of benzene rings is 2. The normalized spacial score (nSPS) is 10.8. The number of carbonyl (C=O) groups is 1. The third-order valence-corrected chi connectivity index (χ3v) is 4.09. The Morgan fingerprint density at radius 3 is 2.35 bits per heavy atom. The van der Waals surface area contributed by atoms with Crippen LogP contribution in [-0.2, 0) is 0 Å². The van der Waals surface area contributed by atoms with Gasteiger partial charge in [-0.2, -0.15) is 0 Å². The minimum Gasteiger partial charge on any atom is -0.362 e. The predicted octanol–water partition coefficient (Wildman–Crippen LogP) is 4.82. The Hall–Kier alpha value is -2.39. The second-order valence-electron chi connectivity index (χ2n) is 5.64. The zero-order chi connectivity index (χ0) is 16.6. The Labute approximate surface area is 140 Å². The van der Waals surface area contributed by atoms with Crippen LogP contribution in [0.15, 0.2) is 48.5 Å². The van der Waals surface area contributed by atoms with E-state index in [1.807, 2.05) is 67.5 Å². The molecule has 0 aliphatic rings. The first-order valence-corrected chi connectivity index (χ1v) is 7.74. The van der Waals surface area contributed by atoms with Crippen LogP contribution < -0.4 is 4.90 Å². The summed E-state index contributed by atoms with van der Waals surface area (Å²) in [6, 6.07) is 15.6. The van der Waals surface area contributed by atoms with Crippen LogP contribution in [0, 0.1) is 0 Å². The van der Waals surface area contributed by atoms with Gasteiger partial charge in [-0.25, -0.2) is 4.98 Å². The molecule has 0 aliphatic heterocycles. The lowest BCUT2D eigenvalue weighted by molar-refractivity contribution is 0.101. The van der Waals surface area contributed by atoms with Gasteiger partial charge in [-0.1, -0.05) is 54.1 Å². The first-order chi connectivity index (χ1) is 11.0. The first kappa shape index (κ1) is 15.5. The van der Waals surface area contributed by atoms with E-state index in [4.69, 9.17) is 11.6 Å². The van der Waals surface area contributed by atoms with E-state index in [2.05, 4.69) is 4.98 Å². The highest BCUT2D eigenvalue weighted by Gasteiger charge is 2.21. The largest absolute Gasteiger partial charge is 0.362 e. The standard InChI is InChI=1S/C19H17ClN2O/c1-12(23)16-17(13-8-5-4-6-9-13)14-10-7-11-15(20)18(14)21-19(16)22(2)3/h4-11H,1-3H3. The fraction of sp³-hybridized carbons (Fsp3) is 0.158. The number of rotatable bonds is 3. The summed E-state index contributed by atoms with van der Waals surface area (Å²) in [5.41, 5.74) is 3.20. The molecule has 2 aromatic carbocycles. The molecule has 0 bridgehead atoms. The van der Waals surface area contributed by atoms with E-state index >= 15 is 0 Å². The van der Waals surface area contributed by atoms with Crippen LogP contribution in [-0.4, -0.2) is 24.9 Å². The monoisotopic (exact) mass is 324 g/mol. The number of para-hydroxylation sites is 1. The molecule has 0 amide bonds. The number of fused-ring (bicyclic) bond motifs is 1. The van der Waals surface area contributed by atoms with Crippen molar-refractivity contribution in [3.8, 4) is 11.1 Å². The molecule has 0 saturated heterocycles. The van der Waals surface area contributed by atoms with Crippen LogP contribution in [0.5, 0.6) is 0 Å². The molecule has 3 rings (SSSR count). The van der Waals surface area contributed by atoms with Gasteiger partial charge in [0.15, 0.2) is 5.78 Å². The summed E-state index contributed by atoms with van der Waals surface area (Å²) in [6.07, 6.45) is 0. The van der Waals surface area contributed by atoms with Crippen molar-refractivity contribution in [3.63, 3.8) is 0 Å². The number of Topliss-reactive ketones (excluding diaryl/α,β-unsaturated/α-hetero) is 1. The molecule has 116 valence electrons. The Bertz CT molecular complexity index is 889. The molecule has 23 heavy (non-hydrogen) atoms. The van der Waals surface area contributed by atoms with Gasteiger partial charge in [0, 0.05) is 25.0 Å². The van der Waals surface area contributed by atoms with Crippen molar-refractivity contribution >= 4 is 34.1 Å². The lowest BCUT2D eigenvalue weighted by atomic mass is 9.93. The van der Waals surface area contributed by atoms with Gasteiger partial charge in [-0.3, -0.25) is 4.79 Å². The highest BCUT2D eigenvalue weighted by Crippen LogP contribution is 2.38. The van der Waals surface area contributed by atoms with E-state index in [0.717, 1.165) is 16.5 Å². The Morgan fingerprint density at radius 1 is 1.04 bits per heavy atom. The molecular formula is C19H17ClN2O. The third kappa shape index (κ3) is 2.68. The van der Waals surface area contributed by atoms with Crippen molar-refractivity contribution in [3.05, 3.63) is 59.1 Å². The topological polar surface area (TPSA) is 33.2 Å². The molecule has 0 saturated carbocycles. The van der Waals surface area contributed by atoms with Crippen LogP contribution in [0.2, 0.25) is 5.02 Å². The summed E-state index contributed by atoms with van der Waals surface area (Å²) in [5.74, 6) is 0.624. The van der Waals surface area contributed by atoms with Gasteiger partial charge < -0.3 is 4.90 Å². The highest BCUT2D eigenvalue weighted by molar-refractivity contribution is 6.35. The molecule has 0 atom stereocenters. The predicted molar refractivity (Wildman–Crippen MR) is 96.5 cm³/mol. The molecule has 1 aromatic heterocycles. The molecule has 3 aromatic rings. The van der Waals surface area contributed by atoms with Crippen molar-refractivity contribution in [2.24, 2.45) is 0 Å². The zero-order valence-corrected chi connectivity index (χ0v) is 14.1. The number of carbonyl (C=O) groups excluding carboxylic acids is 1. The van der Waals surface area contributed by atoms with Crippen molar-refractivity contribution in [2.75, 3.05) is 19.0 Å². The fourth-order valence-corrected chi connectivity index (χ4v) is 3.02. The van der Waals surface area contributed by atoms with E-state index in [-0.39, 0.29) is 5.78 Å². The molecule has 0 N–H and O–H groups in total. The number of hydrogen-bond acceptors (Lipinski definition) is 3. The van der Waals surface area contributed by atoms with Crippen LogP contribution in [0.4, 0.5) is 5.82 Å². The summed E-state index contributed by atoms with van der Waals surface area (Å²) in [5, 5.41) is 1.47. The lowest BCUT2D eigenvalue weighted by Gasteiger charge is -2.20. The maximum Gasteiger partial charge on any atom is 0.164 e. The van der Waals surface area contributed by atoms with E-state index < -0.39 is 0 Å². The zero-order valence-electron chi connectivity index (χ0n) is 13.3. The van der Waals surface area contributed by atoms with E-state index in [1.54, 1.807) is 6.92 Å². The molecular weight excluding hydrogens is 308 g/mol. The fourth-order valence-electron chi connectivity index (χ4n) is 2.80. The summed E-state index contributed by atoms with van der Waals surface area (Å²) < 4.78 is 0. The minimum atomic E-state index is -0.0121. The number of anilines is 1. The van der Waals surface area contributed by atoms with Crippen LogP contribution in [0.3, 0.4) is 0 Å². The van der Waals surface area contributed by atoms with Crippen LogP contribution in [0.1, 0.15) is 17.3 Å². The molecule has 3 nitrogen and oxygen atoms in total. The quantitative estimate of drug-likeness (QED) is 0.647. The van der Waals surface area contributed by atoms with E-state index in [0.29, 0.717) is 21.9 Å². The Morgan fingerprint density at radius 2 is 1.74 bits per heavy atom. The van der Waals surface area contributed by atoms with Crippen molar-refractivity contribution < 1.29 is 4.79 Å². The van der Waals surface area contributed by atoms with Gasteiger partial charge in [0.2, 0.25) is 0 Å². The Balaban J connectivity index is 2.54.